The van der Waals surface area contributed by atoms with Crippen molar-refractivity contribution in [3.8, 4) is 16.9 Å². The van der Waals surface area contributed by atoms with Gasteiger partial charge in [-0.3, -0.25) is 0 Å². The van der Waals surface area contributed by atoms with Gasteiger partial charge in [-0.2, -0.15) is 5.10 Å². The van der Waals surface area contributed by atoms with Crippen LogP contribution in [0, 0.1) is 0 Å². The Morgan fingerprint density at radius 1 is 0.821 bits per heavy atom. The van der Waals surface area contributed by atoms with Gasteiger partial charge in [-0.15, -0.1) is 0 Å². The summed E-state index contributed by atoms with van der Waals surface area (Å²) in [7, 11) is 4.07. The molecule has 0 radical (unpaired) electrons. The molecule has 28 heavy (non-hydrogen) atoms. The van der Waals surface area contributed by atoms with Crippen LogP contribution in [0.4, 0.5) is 11.5 Å². The molecular formula is C24H22N4. The highest BCUT2D eigenvalue weighted by atomic mass is 15.3. The Morgan fingerprint density at radius 2 is 1.46 bits per heavy atom. The zero-order chi connectivity index (χ0) is 19.3. The van der Waals surface area contributed by atoms with Gasteiger partial charge in [0.2, 0.25) is 0 Å². The maximum Gasteiger partial charge on any atom is 0.156 e. The van der Waals surface area contributed by atoms with Crippen LogP contribution in [0.5, 0.6) is 0 Å². The summed E-state index contributed by atoms with van der Waals surface area (Å²) < 4.78 is 1.88. The maximum atomic E-state index is 4.80. The predicted octanol–water partition coefficient (Wildman–Crippen LogP) is 5.36. The van der Waals surface area contributed by atoms with Gasteiger partial charge in [0.05, 0.1) is 11.4 Å². The molecule has 0 fully saturated rings. The van der Waals surface area contributed by atoms with E-state index in [1.807, 2.05) is 79.6 Å². The quantitative estimate of drug-likeness (QED) is 0.446. The first-order valence-corrected chi connectivity index (χ1v) is 9.23. The minimum absolute atomic E-state index is 0.793. The fourth-order valence-corrected chi connectivity index (χ4v) is 2.97. The summed E-state index contributed by atoms with van der Waals surface area (Å²) in [5.41, 5.74) is 5.17. The molecule has 4 nitrogen and oxygen atoms in total. The Morgan fingerprint density at radius 3 is 2.11 bits per heavy atom. The number of hydrogen-bond acceptors (Lipinski definition) is 3. The van der Waals surface area contributed by atoms with E-state index in [0.29, 0.717) is 0 Å². The van der Waals surface area contributed by atoms with Crippen LogP contribution in [0.1, 0.15) is 5.56 Å². The van der Waals surface area contributed by atoms with Gasteiger partial charge in [0.1, 0.15) is 0 Å². The van der Waals surface area contributed by atoms with E-state index in [4.69, 9.17) is 10.1 Å². The van der Waals surface area contributed by atoms with Gasteiger partial charge in [-0.05, 0) is 29.8 Å². The van der Waals surface area contributed by atoms with Crippen LogP contribution in [-0.4, -0.2) is 30.1 Å². The molecule has 0 unspecified atom stereocenters. The number of nitrogens with zero attached hydrogens (tertiary/aromatic N) is 4. The molecule has 0 aliphatic carbocycles. The third-order valence-corrected chi connectivity index (χ3v) is 4.52. The van der Waals surface area contributed by atoms with Crippen molar-refractivity contribution in [1.82, 2.24) is 9.78 Å². The molecule has 0 spiro atoms. The number of para-hydroxylation sites is 1. The van der Waals surface area contributed by atoms with Crippen molar-refractivity contribution in [2.24, 2.45) is 4.99 Å². The minimum Gasteiger partial charge on any atom is -0.378 e. The summed E-state index contributed by atoms with van der Waals surface area (Å²) >= 11 is 0. The van der Waals surface area contributed by atoms with Crippen molar-refractivity contribution < 1.29 is 0 Å². The fourth-order valence-electron chi connectivity index (χ4n) is 2.97. The Labute approximate surface area is 165 Å². The first-order chi connectivity index (χ1) is 13.7. The van der Waals surface area contributed by atoms with Gasteiger partial charge in [0.15, 0.2) is 5.82 Å². The number of aliphatic imine (C=N–C) groups is 1. The van der Waals surface area contributed by atoms with Crippen molar-refractivity contribution in [2.45, 2.75) is 0 Å². The molecule has 1 heterocycles. The summed E-state index contributed by atoms with van der Waals surface area (Å²) in [6.07, 6.45) is 1.88. The number of benzene rings is 3. The van der Waals surface area contributed by atoms with Crippen LogP contribution in [-0.2, 0) is 0 Å². The SMILES string of the molecule is CN(C)c1ccc(C=Nc2cc(-c3ccccc3)nn2-c2ccccc2)cc1. The van der Waals surface area contributed by atoms with Crippen LogP contribution < -0.4 is 4.90 Å². The van der Waals surface area contributed by atoms with Gasteiger partial charge in [-0.1, -0.05) is 60.7 Å². The van der Waals surface area contributed by atoms with Crippen LogP contribution in [0.3, 0.4) is 0 Å². The summed E-state index contributed by atoms with van der Waals surface area (Å²) in [6.45, 7) is 0. The molecular weight excluding hydrogens is 344 g/mol. The zero-order valence-electron chi connectivity index (χ0n) is 16.0. The first-order valence-electron chi connectivity index (χ1n) is 9.23. The monoisotopic (exact) mass is 366 g/mol. The topological polar surface area (TPSA) is 33.4 Å². The van der Waals surface area contributed by atoms with Crippen molar-refractivity contribution in [3.05, 3.63) is 96.6 Å². The molecule has 0 aliphatic rings. The molecule has 0 N–H and O–H groups in total. The second kappa shape index (κ2) is 7.92. The van der Waals surface area contributed by atoms with E-state index in [1.54, 1.807) is 0 Å². The second-order valence-corrected chi connectivity index (χ2v) is 6.75. The summed E-state index contributed by atoms with van der Waals surface area (Å²) in [5, 5.41) is 4.80. The molecule has 0 saturated heterocycles. The van der Waals surface area contributed by atoms with E-state index in [1.165, 1.54) is 0 Å². The minimum atomic E-state index is 0.793. The summed E-state index contributed by atoms with van der Waals surface area (Å²) in [4.78, 5) is 6.82. The lowest BCUT2D eigenvalue weighted by atomic mass is 10.1. The Bertz CT molecular complexity index is 1060. The van der Waals surface area contributed by atoms with Gasteiger partial charge >= 0.3 is 0 Å². The maximum absolute atomic E-state index is 4.80. The van der Waals surface area contributed by atoms with Crippen LogP contribution in [0.25, 0.3) is 16.9 Å². The van der Waals surface area contributed by atoms with Crippen molar-refractivity contribution >= 4 is 17.7 Å². The van der Waals surface area contributed by atoms with Crippen molar-refractivity contribution in [3.63, 3.8) is 0 Å². The van der Waals surface area contributed by atoms with E-state index in [2.05, 4.69) is 41.3 Å². The summed E-state index contributed by atoms with van der Waals surface area (Å²) in [6, 6.07) is 30.6. The van der Waals surface area contributed by atoms with Crippen molar-refractivity contribution in [2.75, 3.05) is 19.0 Å². The van der Waals surface area contributed by atoms with Gasteiger partial charge in [0.25, 0.3) is 0 Å². The average Bonchev–Trinajstić information content (AvgIpc) is 3.18. The largest absolute Gasteiger partial charge is 0.378 e. The highest BCUT2D eigenvalue weighted by Gasteiger charge is 2.10. The highest BCUT2D eigenvalue weighted by molar-refractivity contribution is 5.82. The third-order valence-electron chi connectivity index (χ3n) is 4.52. The first kappa shape index (κ1) is 17.7. The second-order valence-electron chi connectivity index (χ2n) is 6.75. The molecule has 4 rings (SSSR count). The van der Waals surface area contributed by atoms with E-state index in [-0.39, 0.29) is 0 Å². The molecule has 1 aromatic heterocycles. The number of rotatable bonds is 5. The van der Waals surface area contributed by atoms with Gasteiger partial charge in [-0.25, -0.2) is 9.67 Å². The lowest BCUT2D eigenvalue weighted by molar-refractivity contribution is 0.885. The Balaban J connectivity index is 1.71. The molecule has 0 aliphatic heterocycles. The lowest BCUT2D eigenvalue weighted by Gasteiger charge is -2.11. The molecule has 0 bridgehead atoms. The van der Waals surface area contributed by atoms with Crippen LogP contribution >= 0.6 is 0 Å². The standard InChI is InChI=1S/C24H22N4/c1-27(2)21-15-13-19(14-16-21)18-25-24-17-23(20-9-5-3-6-10-20)26-28(24)22-11-7-4-8-12-22/h3-18H,1-2H3. The molecule has 4 aromatic rings. The van der Waals surface area contributed by atoms with E-state index >= 15 is 0 Å². The number of hydrogen-bond donors (Lipinski definition) is 0. The Kier molecular flexibility index (Phi) is 5.02. The molecule has 0 saturated carbocycles. The van der Waals surface area contributed by atoms with E-state index < -0.39 is 0 Å². The molecule has 4 heteroatoms. The third kappa shape index (κ3) is 3.86. The average molecular weight is 366 g/mol. The predicted molar refractivity (Wildman–Crippen MR) is 117 cm³/mol. The van der Waals surface area contributed by atoms with Gasteiger partial charge < -0.3 is 4.90 Å². The molecule has 3 aromatic carbocycles. The van der Waals surface area contributed by atoms with Gasteiger partial charge in [0, 0.05) is 37.6 Å². The molecule has 138 valence electrons. The number of aromatic nitrogens is 2. The zero-order valence-corrected chi connectivity index (χ0v) is 16.0. The summed E-state index contributed by atoms with van der Waals surface area (Å²) in [5.74, 6) is 0.793. The van der Waals surface area contributed by atoms with E-state index in [9.17, 15) is 0 Å². The lowest BCUT2D eigenvalue weighted by Crippen LogP contribution is -2.08. The van der Waals surface area contributed by atoms with Crippen LogP contribution in [0.15, 0.2) is 96.0 Å². The van der Waals surface area contributed by atoms with E-state index in [0.717, 1.165) is 34.0 Å². The van der Waals surface area contributed by atoms with Crippen LogP contribution in [0.2, 0.25) is 0 Å². The smallest absolute Gasteiger partial charge is 0.156 e. The molecule has 0 atom stereocenters. The highest BCUT2D eigenvalue weighted by Crippen LogP contribution is 2.26. The normalized spacial score (nSPS) is 11.1. The fraction of sp³-hybridized carbons (Fsp3) is 0.0833. The van der Waals surface area contributed by atoms with Crippen molar-refractivity contribution in [1.29, 1.82) is 0 Å². The number of anilines is 1. The Hall–Kier alpha value is -3.66. The molecule has 0 amide bonds.